The number of ether oxygens (including phenoxy) is 1. The second-order valence-electron chi connectivity index (χ2n) is 6.50. The molecule has 7 heteroatoms. The summed E-state index contributed by atoms with van der Waals surface area (Å²) in [6.07, 6.45) is 2.05. The van der Waals surface area contributed by atoms with Crippen LogP contribution in [0.4, 0.5) is 4.39 Å². The zero-order valence-corrected chi connectivity index (χ0v) is 14.3. The van der Waals surface area contributed by atoms with Crippen molar-refractivity contribution in [1.82, 2.24) is 9.97 Å². The number of aromatic nitrogens is 2. The van der Waals surface area contributed by atoms with Gasteiger partial charge in [-0.3, -0.25) is 0 Å². The predicted molar refractivity (Wildman–Crippen MR) is 91.0 cm³/mol. The van der Waals surface area contributed by atoms with Gasteiger partial charge in [0.2, 0.25) is 0 Å². The number of aromatic amines is 1. The van der Waals surface area contributed by atoms with Gasteiger partial charge in [0.15, 0.2) is 5.82 Å². The van der Waals surface area contributed by atoms with E-state index in [0.717, 1.165) is 24.2 Å². The molecule has 1 aliphatic heterocycles. The summed E-state index contributed by atoms with van der Waals surface area (Å²) in [7, 11) is 1.31. The second kappa shape index (κ2) is 5.68. The van der Waals surface area contributed by atoms with Gasteiger partial charge < -0.3 is 14.6 Å². The molecular formula is C18H18FN3O3. The smallest absolute Gasteiger partial charge is 0.340 e. The Hall–Kier alpha value is -2.70. The Bertz CT molecular complexity index is 954. The summed E-state index contributed by atoms with van der Waals surface area (Å²) in [5, 5.41) is 3.95. The maximum atomic E-state index is 15.3. The van der Waals surface area contributed by atoms with E-state index in [4.69, 9.17) is 9.57 Å². The predicted octanol–water partition coefficient (Wildman–Crippen LogP) is 3.55. The number of allylic oxidation sites excluding steroid dienone is 1. The van der Waals surface area contributed by atoms with Gasteiger partial charge in [-0.05, 0) is 38.3 Å². The normalized spacial score (nSPS) is 17.5. The van der Waals surface area contributed by atoms with E-state index in [1.807, 2.05) is 6.92 Å². The van der Waals surface area contributed by atoms with Crippen LogP contribution in [0, 0.1) is 5.82 Å². The molecule has 2 aromatic rings. The van der Waals surface area contributed by atoms with E-state index in [-0.39, 0.29) is 17.7 Å². The summed E-state index contributed by atoms with van der Waals surface area (Å²) in [5.41, 5.74) is 3.17. The number of esters is 1. The fraction of sp³-hybridized carbons (Fsp3) is 0.389. The summed E-state index contributed by atoms with van der Waals surface area (Å²) in [5.74, 6) is 0.0427. The van der Waals surface area contributed by atoms with Gasteiger partial charge in [-0.1, -0.05) is 5.16 Å². The van der Waals surface area contributed by atoms with E-state index in [0.29, 0.717) is 28.3 Å². The Kier molecular flexibility index (Phi) is 3.59. The van der Waals surface area contributed by atoms with Crippen LogP contribution in [0.2, 0.25) is 0 Å². The first-order valence-corrected chi connectivity index (χ1v) is 8.18. The highest BCUT2D eigenvalue weighted by atomic mass is 19.1. The monoisotopic (exact) mass is 343 g/mol. The topological polar surface area (TPSA) is 76.6 Å². The molecule has 6 nitrogen and oxygen atoms in total. The molecule has 1 N–H and O–H groups in total. The van der Waals surface area contributed by atoms with Crippen molar-refractivity contribution in [1.29, 1.82) is 0 Å². The van der Waals surface area contributed by atoms with Crippen LogP contribution in [0.1, 0.15) is 54.4 Å². The SMILES string of the molecule is COC(=O)c1cc(C2=C(C)CON=C2C)c(F)c2nc(C3CC3)[nH]c12. The number of benzene rings is 1. The summed E-state index contributed by atoms with van der Waals surface area (Å²) >= 11 is 0. The van der Waals surface area contributed by atoms with Gasteiger partial charge in [-0.15, -0.1) is 0 Å². The maximum absolute atomic E-state index is 15.3. The van der Waals surface area contributed by atoms with Crippen molar-refractivity contribution < 1.29 is 18.8 Å². The molecule has 2 heterocycles. The van der Waals surface area contributed by atoms with Crippen LogP contribution < -0.4 is 0 Å². The average molecular weight is 343 g/mol. The number of nitrogens with zero attached hydrogens (tertiary/aromatic N) is 2. The lowest BCUT2D eigenvalue weighted by molar-refractivity contribution is 0.0602. The molecule has 0 bridgehead atoms. The van der Waals surface area contributed by atoms with Gasteiger partial charge in [0, 0.05) is 17.1 Å². The lowest BCUT2D eigenvalue weighted by Crippen LogP contribution is -2.13. The van der Waals surface area contributed by atoms with Crippen molar-refractivity contribution in [3.05, 3.63) is 34.4 Å². The van der Waals surface area contributed by atoms with E-state index in [2.05, 4.69) is 15.1 Å². The standard InChI is InChI=1S/C18H18FN3O3/c1-8-7-25-22-9(2)13(8)11-6-12(18(23)24-3)15-16(14(11)19)21-17(20-15)10-4-5-10/h6,10H,4-5,7H2,1-3H3,(H,20,21). The number of carbonyl (C=O) groups excluding carboxylic acids is 1. The molecule has 0 amide bonds. The van der Waals surface area contributed by atoms with Gasteiger partial charge in [0.1, 0.15) is 17.9 Å². The van der Waals surface area contributed by atoms with Crippen molar-refractivity contribution in [3.63, 3.8) is 0 Å². The van der Waals surface area contributed by atoms with Crippen LogP contribution in [-0.4, -0.2) is 35.4 Å². The van der Waals surface area contributed by atoms with Gasteiger partial charge in [-0.25, -0.2) is 14.2 Å². The summed E-state index contributed by atoms with van der Waals surface area (Å²) in [6, 6.07) is 1.52. The van der Waals surface area contributed by atoms with Gasteiger partial charge in [0.05, 0.1) is 23.9 Å². The minimum absolute atomic E-state index is 0.166. The Balaban J connectivity index is 2.00. The Morgan fingerprint density at radius 3 is 2.80 bits per heavy atom. The highest BCUT2D eigenvalue weighted by Crippen LogP contribution is 2.40. The molecule has 2 aliphatic rings. The number of rotatable bonds is 3. The summed E-state index contributed by atoms with van der Waals surface area (Å²) in [4.78, 5) is 24.9. The van der Waals surface area contributed by atoms with E-state index in [1.54, 1.807) is 6.92 Å². The largest absolute Gasteiger partial charge is 0.465 e. The second-order valence-corrected chi connectivity index (χ2v) is 6.50. The molecule has 1 aromatic carbocycles. The van der Waals surface area contributed by atoms with Crippen LogP contribution >= 0.6 is 0 Å². The van der Waals surface area contributed by atoms with Crippen LogP contribution in [0.25, 0.3) is 16.6 Å². The van der Waals surface area contributed by atoms with Crippen LogP contribution in [0.15, 0.2) is 16.8 Å². The fourth-order valence-electron chi connectivity index (χ4n) is 3.23. The molecule has 1 saturated carbocycles. The molecule has 130 valence electrons. The van der Waals surface area contributed by atoms with E-state index in [9.17, 15) is 4.79 Å². The zero-order chi connectivity index (χ0) is 17.7. The number of halogens is 1. The van der Waals surface area contributed by atoms with E-state index in [1.165, 1.54) is 13.2 Å². The molecule has 0 spiro atoms. The maximum Gasteiger partial charge on any atom is 0.340 e. The number of hydrogen-bond acceptors (Lipinski definition) is 5. The molecule has 1 aromatic heterocycles. The van der Waals surface area contributed by atoms with E-state index < -0.39 is 11.8 Å². The van der Waals surface area contributed by atoms with Gasteiger partial charge in [-0.2, -0.15) is 0 Å². The summed E-state index contributed by atoms with van der Waals surface area (Å²) in [6.45, 7) is 3.89. The molecule has 1 aliphatic carbocycles. The first kappa shape index (κ1) is 15.8. The fourth-order valence-corrected chi connectivity index (χ4v) is 3.23. The third-order valence-corrected chi connectivity index (χ3v) is 4.63. The number of fused-ring (bicyclic) bond motifs is 1. The number of imidazole rings is 1. The highest BCUT2D eigenvalue weighted by molar-refractivity contribution is 6.24. The average Bonchev–Trinajstić information content (AvgIpc) is 3.35. The Morgan fingerprint density at radius 2 is 2.16 bits per heavy atom. The Morgan fingerprint density at radius 1 is 1.40 bits per heavy atom. The molecule has 25 heavy (non-hydrogen) atoms. The zero-order valence-electron chi connectivity index (χ0n) is 14.3. The molecule has 0 atom stereocenters. The third-order valence-electron chi connectivity index (χ3n) is 4.63. The molecule has 0 unspecified atom stereocenters. The lowest BCUT2D eigenvalue weighted by atomic mass is 9.94. The quantitative estimate of drug-likeness (QED) is 0.865. The van der Waals surface area contributed by atoms with Crippen molar-refractivity contribution >= 4 is 28.3 Å². The van der Waals surface area contributed by atoms with Crippen molar-refractivity contribution in [2.75, 3.05) is 13.7 Å². The minimum Gasteiger partial charge on any atom is -0.465 e. The first-order chi connectivity index (χ1) is 12.0. The minimum atomic E-state index is -0.530. The molecule has 0 saturated heterocycles. The van der Waals surface area contributed by atoms with Crippen LogP contribution in [-0.2, 0) is 9.57 Å². The summed E-state index contributed by atoms with van der Waals surface area (Å²) < 4.78 is 20.2. The van der Waals surface area contributed by atoms with Crippen molar-refractivity contribution in [3.8, 4) is 0 Å². The molecule has 4 rings (SSSR count). The van der Waals surface area contributed by atoms with Gasteiger partial charge >= 0.3 is 5.97 Å². The Labute approximate surface area is 143 Å². The molecular weight excluding hydrogens is 325 g/mol. The molecule has 0 radical (unpaired) electrons. The molecule has 1 fully saturated rings. The number of oxime groups is 1. The van der Waals surface area contributed by atoms with E-state index >= 15 is 4.39 Å². The number of hydrogen-bond donors (Lipinski definition) is 1. The first-order valence-electron chi connectivity index (χ1n) is 8.18. The van der Waals surface area contributed by atoms with Crippen molar-refractivity contribution in [2.24, 2.45) is 5.16 Å². The van der Waals surface area contributed by atoms with Crippen LogP contribution in [0.5, 0.6) is 0 Å². The number of H-pyrrole nitrogens is 1. The number of methoxy groups -OCH3 is 1. The van der Waals surface area contributed by atoms with Crippen LogP contribution in [0.3, 0.4) is 0 Å². The van der Waals surface area contributed by atoms with Crippen molar-refractivity contribution in [2.45, 2.75) is 32.6 Å². The number of nitrogens with one attached hydrogen (secondary N) is 1. The number of carbonyl (C=O) groups is 1. The lowest BCUT2D eigenvalue weighted by Gasteiger charge is -2.18. The van der Waals surface area contributed by atoms with Gasteiger partial charge in [0.25, 0.3) is 0 Å². The highest BCUT2D eigenvalue weighted by Gasteiger charge is 2.30. The third kappa shape index (κ3) is 2.50.